The molecule has 1 aromatic heterocycles. The Bertz CT molecular complexity index is 755. The van der Waals surface area contributed by atoms with Crippen molar-refractivity contribution in [2.75, 3.05) is 11.9 Å². The fraction of sp³-hybridized carbons (Fsp3) is 0.286. The van der Waals surface area contributed by atoms with Crippen molar-refractivity contribution in [2.24, 2.45) is 0 Å². The average Bonchev–Trinajstić information content (AvgIpc) is 2.96. The van der Waals surface area contributed by atoms with E-state index in [-0.39, 0.29) is 12.4 Å². The normalized spacial score (nSPS) is 17.0. The van der Waals surface area contributed by atoms with Gasteiger partial charge >= 0.3 is 5.97 Å². The lowest BCUT2D eigenvalue weighted by atomic mass is 9.96. The van der Waals surface area contributed by atoms with E-state index in [1.54, 1.807) is 26.0 Å². The SMILES string of the molecule is CCOC(=O)C1=C(C)n2nnnc2NC1c1cccc(F)c1. The molecule has 0 fully saturated rings. The zero-order chi connectivity index (χ0) is 15.7. The summed E-state index contributed by atoms with van der Waals surface area (Å²) in [4.78, 5) is 12.3. The molecule has 7 nitrogen and oxygen atoms in total. The summed E-state index contributed by atoms with van der Waals surface area (Å²) in [7, 11) is 0. The molecule has 0 aliphatic carbocycles. The topological polar surface area (TPSA) is 81.9 Å². The number of hydrogen-bond donors (Lipinski definition) is 1. The van der Waals surface area contributed by atoms with Gasteiger partial charge in [-0.1, -0.05) is 17.2 Å². The maximum Gasteiger partial charge on any atom is 0.338 e. The molecule has 2 heterocycles. The van der Waals surface area contributed by atoms with Crippen molar-refractivity contribution in [3.8, 4) is 0 Å². The van der Waals surface area contributed by atoms with Crippen LogP contribution in [0.4, 0.5) is 10.3 Å². The maximum absolute atomic E-state index is 13.5. The second-order valence-corrected chi connectivity index (χ2v) is 4.77. The molecule has 0 saturated heterocycles. The third kappa shape index (κ3) is 2.32. The lowest BCUT2D eigenvalue weighted by molar-refractivity contribution is -0.138. The molecule has 0 amide bonds. The largest absolute Gasteiger partial charge is 0.463 e. The Morgan fingerprint density at radius 2 is 2.32 bits per heavy atom. The Morgan fingerprint density at radius 1 is 1.50 bits per heavy atom. The molecule has 0 bridgehead atoms. The first-order valence-electron chi connectivity index (χ1n) is 6.80. The van der Waals surface area contributed by atoms with Crippen LogP contribution in [-0.4, -0.2) is 32.8 Å². The van der Waals surface area contributed by atoms with E-state index in [4.69, 9.17) is 4.74 Å². The van der Waals surface area contributed by atoms with Gasteiger partial charge in [-0.05, 0) is 42.0 Å². The van der Waals surface area contributed by atoms with Gasteiger partial charge in [0, 0.05) is 0 Å². The number of hydrogen-bond acceptors (Lipinski definition) is 6. The van der Waals surface area contributed by atoms with E-state index >= 15 is 0 Å². The van der Waals surface area contributed by atoms with Crippen LogP contribution >= 0.6 is 0 Å². The van der Waals surface area contributed by atoms with Crippen LogP contribution in [0.2, 0.25) is 0 Å². The van der Waals surface area contributed by atoms with Gasteiger partial charge in [0.25, 0.3) is 0 Å². The van der Waals surface area contributed by atoms with Crippen LogP contribution in [0, 0.1) is 5.82 Å². The first kappa shape index (κ1) is 14.2. The predicted octanol–water partition coefficient (Wildman–Crippen LogP) is 1.77. The molecular formula is C14H14FN5O2. The Labute approximate surface area is 125 Å². The molecule has 1 aliphatic heterocycles. The number of tetrazole rings is 1. The van der Waals surface area contributed by atoms with E-state index in [1.807, 2.05) is 0 Å². The number of nitrogens with one attached hydrogen (secondary N) is 1. The van der Waals surface area contributed by atoms with Crippen molar-refractivity contribution < 1.29 is 13.9 Å². The first-order valence-corrected chi connectivity index (χ1v) is 6.80. The second-order valence-electron chi connectivity index (χ2n) is 4.77. The van der Waals surface area contributed by atoms with E-state index in [9.17, 15) is 9.18 Å². The van der Waals surface area contributed by atoms with E-state index in [2.05, 4.69) is 20.8 Å². The highest BCUT2D eigenvalue weighted by molar-refractivity contribution is 5.97. The van der Waals surface area contributed by atoms with Crippen LogP contribution < -0.4 is 5.32 Å². The molecule has 1 atom stereocenters. The van der Waals surface area contributed by atoms with Crippen molar-refractivity contribution in [1.82, 2.24) is 20.2 Å². The summed E-state index contributed by atoms with van der Waals surface area (Å²) in [6.45, 7) is 3.69. The minimum Gasteiger partial charge on any atom is -0.463 e. The van der Waals surface area contributed by atoms with E-state index in [0.717, 1.165) is 0 Å². The van der Waals surface area contributed by atoms with Gasteiger partial charge in [0.1, 0.15) is 5.82 Å². The molecule has 1 aromatic carbocycles. The fourth-order valence-electron chi connectivity index (χ4n) is 2.44. The number of carbonyl (C=O) groups is 1. The lowest BCUT2D eigenvalue weighted by Crippen LogP contribution is -2.28. The Morgan fingerprint density at radius 3 is 3.05 bits per heavy atom. The summed E-state index contributed by atoms with van der Waals surface area (Å²) >= 11 is 0. The first-order chi connectivity index (χ1) is 10.6. The van der Waals surface area contributed by atoms with Crippen LogP contribution in [0.25, 0.3) is 5.70 Å². The van der Waals surface area contributed by atoms with E-state index in [1.165, 1.54) is 16.8 Å². The van der Waals surface area contributed by atoms with Gasteiger partial charge in [0.05, 0.1) is 23.9 Å². The maximum atomic E-state index is 13.5. The number of halogens is 1. The van der Waals surface area contributed by atoms with Crippen molar-refractivity contribution in [2.45, 2.75) is 19.9 Å². The third-order valence-corrected chi connectivity index (χ3v) is 3.42. The third-order valence-electron chi connectivity index (χ3n) is 3.42. The summed E-state index contributed by atoms with van der Waals surface area (Å²) in [5.74, 6) is -0.479. The number of nitrogens with zero attached hydrogens (tertiary/aromatic N) is 4. The highest BCUT2D eigenvalue weighted by atomic mass is 19.1. The van der Waals surface area contributed by atoms with Gasteiger partial charge in [0.15, 0.2) is 0 Å². The molecule has 8 heteroatoms. The minimum atomic E-state index is -0.576. The zero-order valence-electron chi connectivity index (χ0n) is 12.1. The molecule has 114 valence electrons. The molecule has 3 rings (SSSR count). The fourth-order valence-corrected chi connectivity index (χ4v) is 2.44. The number of aromatic nitrogens is 4. The van der Waals surface area contributed by atoms with Crippen LogP contribution in [0.3, 0.4) is 0 Å². The quantitative estimate of drug-likeness (QED) is 0.870. The monoisotopic (exact) mass is 303 g/mol. The summed E-state index contributed by atoms with van der Waals surface area (Å²) in [5.41, 5.74) is 1.50. The number of fused-ring (bicyclic) bond motifs is 1. The van der Waals surface area contributed by atoms with Crippen molar-refractivity contribution in [3.05, 3.63) is 41.2 Å². The molecule has 1 unspecified atom stereocenters. The lowest BCUT2D eigenvalue weighted by Gasteiger charge is -2.27. The molecule has 0 saturated carbocycles. The predicted molar refractivity (Wildman–Crippen MR) is 76.1 cm³/mol. The second kappa shape index (κ2) is 5.55. The summed E-state index contributed by atoms with van der Waals surface area (Å²) in [6, 6.07) is 5.45. The number of carbonyl (C=O) groups excluding carboxylic acids is 1. The van der Waals surface area contributed by atoms with Gasteiger partial charge in [-0.2, -0.15) is 4.68 Å². The molecule has 0 radical (unpaired) electrons. The van der Waals surface area contributed by atoms with Gasteiger partial charge < -0.3 is 10.1 Å². The summed E-state index contributed by atoms with van der Waals surface area (Å²) in [6.07, 6.45) is 0. The van der Waals surface area contributed by atoms with Crippen molar-refractivity contribution in [3.63, 3.8) is 0 Å². The van der Waals surface area contributed by atoms with Crippen LogP contribution in [0.1, 0.15) is 25.5 Å². The molecule has 1 N–H and O–H groups in total. The van der Waals surface area contributed by atoms with E-state index in [0.29, 0.717) is 22.8 Å². The molecule has 0 spiro atoms. The average molecular weight is 303 g/mol. The van der Waals surface area contributed by atoms with Gasteiger partial charge in [-0.15, -0.1) is 0 Å². The molecule has 1 aliphatic rings. The Kier molecular flexibility index (Phi) is 3.58. The number of rotatable bonds is 3. The number of esters is 1. The van der Waals surface area contributed by atoms with Crippen molar-refractivity contribution >= 4 is 17.6 Å². The number of anilines is 1. The highest BCUT2D eigenvalue weighted by Crippen LogP contribution is 2.35. The molecular weight excluding hydrogens is 289 g/mol. The van der Waals surface area contributed by atoms with E-state index < -0.39 is 12.0 Å². The van der Waals surface area contributed by atoms with Crippen LogP contribution in [0.15, 0.2) is 29.8 Å². The van der Waals surface area contributed by atoms with Crippen LogP contribution in [-0.2, 0) is 9.53 Å². The summed E-state index contributed by atoms with van der Waals surface area (Å²) < 4.78 is 20.1. The Hall–Kier alpha value is -2.77. The van der Waals surface area contributed by atoms with Crippen LogP contribution in [0.5, 0.6) is 0 Å². The Balaban J connectivity index is 2.12. The number of ether oxygens (including phenoxy) is 1. The number of allylic oxidation sites excluding steroid dienone is 1. The highest BCUT2D eigenvalue weighted by Gasteiger charge is 2.33. The zero-order valence-corrected chi connectivity index (χ0v) is 12.1. The standard InChI is InChI=1S/C14H14FN5O2/c1-3-22-13(21)11-8(2)20-14(17-18-19-20)16-12(11)9-5-4-6-10(15)7-9/h4-7,12H,3H2,1-2H3,(H,16,17,19). The van der Waals surface area contributed by atoms with Gasteiger partial charge in [-0.3, -0.25) is 0 Å². The van der Waals surface area contributed by atoms with Crippen molar-refractivity contribution in [1.29, 1.82) is 0 Å². The molecule has 2 aromatic rings. The smallest absolute Gasteiger partial charge is 0.338 e. The number of benzene rings is 1. The minimum absolute atomic E-state index is 0.244. The summed E-state index contributed by atoms with van der Waals surface area (Å²) in [5, 5.41) is 14.3. The van der Waals surface area contributed by atoms with Gasteiger partial charge in [-0.25, -0.2) is 9.18 Å². The van der Waals surface area contributed by atoms with Gasteiger partial charge in [0.2, 0.25) is 5.95 Å². The molecule has 22 heavy (non-hydrogen) atoms.